The highest BCUT2D eigenvalue weighted by atomic mass is 31.0. The zero-order chi connectivity index (χ0) is 5.70. The maximum atomic E-state index is 9.92. The molecule has 0 spiro atoms. The number of rotatable bonds is 1. The van der Waals surface area contributed by atoms with E-state index in [9.17, 15) is 4.79 Å². The topological polar surface area (TPSA) is 46.5 Å². The molecule has 0 aromatic heterocycles. The molecule has 1 N–H and O–H groups in total. The zero-order valence-electron chi connectivity index (χ0n) is 3.50. The molecular weight excluding hydrogens is 115 g/mol. The highest BCUT2D eigenvalue weighted by Gasteiger charge is 1.85. The molecule has 0 saturated carbocycles. The van der Waals surface area contributed by atoms with Crippen molar-refractivity contribution in [3.8, 4) is 0 Å². The maximum absolute atomic E-state index is 9.92. The van der Waals surface area contributed by atoms with Crippen LogP contribution in [0, 0.1) is 0 Å². The fourth-order valence-electron chi connectivity index (χ4n) is 0.100. The summed E-state index contributed by atoms with van der Waals surface area (Å²) >= 11 is 0. The molecule has 1 unspecified atom stereocenters. The Labute approximate surface area is 43.3 Å². The Bertz CT molecular complexity index is 88.2. The normalized spacial score (nSPS) is 9.29. The maximum Gasteiger partial charge on any atom is 0.335 e. The smallest absolute Gasteiger partial charge is 0.335 e. The monoisotopic (exact) mass is 120 g/mol. The third kappa shape index (κ3) is 3.27. The second kappa shape index (κ2) is 3.62. The van der Waals surface area contributed by atoms with Crippen LogP contribution in [-0.2, 0) is 9.32 Å². The average Bonchev–Trinajstić information content (AvgIpc) is 1.68. The molecule has 0 saturated heterocycles. The Morgan fingerprint density at radius 1 is 1.86 bits per heavy atom. The number of carbonyl (C=O) groups excluding carboxylic acids is 1. The number of aliphatic hydroxyl groups is 1. The van der Waals surface area contributed by atoms with Gasteiger partial charge >= 0.3 is 5.97 Å². The van der Waals surface area contributed by atoms with E-state index in [0.29, 0.717) is 6.26 Å². The van der Waals surface area contributed by atoms with Crippen LogP contribution in [0.25, 0.3) is 0 Å². The summed E-state index contributed by atoms with van der Waals surface area (Å²) in [6, 6.07) is 0. The van der Waals surface area contributed by atoms with E-state index >= 15 is 0 Å². The first kappa shape index (κ1) is 6.44. The molecule has 0 aliphatic heterocycles. The minimum atomic E-state index is -0.590. The third-order valence-corrected chi connectivity index (χ3v) is 0.559. The summed E-state index contributed by atoms with van der Waals surface area (Å²) in [5, 5.41) is 7.88. The lowest BCUT2D eigenvalue weighted by Crippen LogP contribution is -1.87. The summed E-state index contributed by atoms with van der Waals surface area (Å²) < 4.78 is 4.02. The van der Waals surface area contributed by atoms with E-state index in [-0.39, 0.29) is 0 Å². The largest absolute Gasteiger partial charge is 0.515 e. The summed E-state index contributed by atoms with van der Waals surface area (Å²) in [6.45, 7) is 0. The van der Waals surface area contributed by atoms with Crippen molar-refractivity contribution in [1.82, 2.24) is 0 Å². The van der Waals surface area contributed by atoms with Crippen LogP contribution in [0.3, 0.4) is 0 Å². The van der Waals surface area contributed by atoms with E-state index in [0.717, 1.165) is 6.08 Å². The highest BCUT2D eigenvalue weighted by Crippen LogP contribution is 1.85. The lowest BCUT2D eigenvalue weighted by Gasteiger charge is -1.83. The van der Waals surface area contributed by atoms with Gasteiger partial charge in [-0.05, 0) is 0 Å². The van der Waals surface area contributed by atoms with E-state index in [4.69, 9.17) is 5.11 Å². The minimum absolute atomic E-state index is 0.590. The van der Waals surface area contributed by atoms with Gasteiger partial charge in [0.1, 0.15) is 0 Å². The Morgan fingerprint density at radius 2 is 2.43 bits per heavy atom. The van der Waals surface area contributed by atoms with Gasteiger partial charge in [-0.3, -0.25) is 0 Å². The SMILES string of the molecule is O=C(C=CO)OP. The second-order valence-corrected chi connectivity index (χ2v) is 0.988. The molecule has 1 atom stereocenters. The molecule has 0 aromatic carbocycles. The molecule has 0 aliphatic carbocycles. The quantitative estimate of drug-likeness (QED) is 0.309. The first-order valence-corrected chi connectivity index (χ1v) is 2.00. The van der Waals surface area contributed by atoms with Crippen LogP contribution in [0.4, 0.5) is 0 Å². The van der Waals surface area contributed by atoms with Gasteiger partial charge in [-0.2, -0.15) is 0 Å². The Morgan fingerprint density at radius 3 is 2.57 bits per heavy atom. The van der Waals surface area contributed by atoms with Gasteiger partial charge in [-0.15, -0.1) is 0 Å². The second-order valence-electron chi connectivity index (χ2n) is 0.753. The molecule has 7 heavy (non-hydrogen) atoms. The molecule has 0 bridgehead atoms. The molecule has 0 radical (unpaired) electrons. The minimum Gasteiger partial charge on any atom is -0.515 e. The summed E-state index contributed by atoms with van der Waals surface area (Å²) in [6.07, 6.45) is 1.51. The van der Waals surface area contributed by atoms with Crippen molar-refractivity contribution in [1.29, 1.82) is 0 Å². The van der Waals surface area contributed by atoms with Gasteiger partial charge in [0.05, 0.1) is 21.8 Å². The summed E-state index contributed by atoms with van der Waals surface area (Å²) in [5.41, 5.74) is 0. The van der Waals surface area contributed by atoms with Gasteiger partial charge in [0, 0.05) is 0 Å². The zero-order valence-corrected chi connectivity index (χ0v) is 4.65. The molecule has 3 nitrogen and oxygen atoms in total. The van der Waals surface area contributed by atoms with Crippen molar-refractivity contribution in [2.45, 2.75) is 0 Å². The van der Waals surface area contributed by atoms with Crippen molar-refractivity contribution in [3.63, 3.8) is 0 Å². The van der Waals surface area contributed by atoms with Gasteiger partial charge in [-0.25, -0.2) is 4.79 Å². The van der Waals surface area contributed by atoms with Crippen LogP contribution in [0.2, 0.25) is 0 Å². The lowest BCUT2D eigenvalue weighted by molar-refractivity contribution is -0.127. The third-order valence-electron chi connectivity index (χ3n) is 0.327. The van der Waals surface area contributed by atoms with E-state index in [1.165, 1.54) is 0 Å². The summed E-state index contributed by atoms with van der Waals surface area (Å²) in [5.74, 6) is -0.590. The van der Waals surface area contributed by atoms with E-state index in [1.54, 1.807) is 9.47 Å². The molecule has 0 rings (SSSR count). The van der Waals surface area contributed by atoms with E-state index in [2.05, 4.69) is 4.52 Å². The van der Waals surface area contributed by atoms with Gasteiger partial charge in [0.25, 0.3) is 0 Å². The van der Waals surface area contributed by atoms with Crippen LogP contribution in [-0.4, -0.2) is 11.1 Å². The van der Waals surface area contributed by atoms with Crippen molar-refractivity contribution < 1.29 is 14.4 Å². The van der Waals surface area contributed by atoms with Gasteiger partial charge < -0.3 is 9.63 Å². The van der Waals surface area contributed by atoms with Gasteiger partial charge in [0.15, 0.2) is 0 Å². The highest BCUT2D eigenvalue weighted by molar-refractivity contribution is 7.10. The van der Waals surface area contributed by atoms with Crippen LogP contribution >= 0.6 is 9.47 Å². The predicted molar refractivity (Wildman–Crippen MR) is 27.6 cm³/mol. The van der Waals surface area contributed by atoms with Crippen LogP contribution in [0.15, 0.2) is 12.3 Å². The Hall–Kier alpha value is -0.560. The molecule has 0 aliphatic rings. The van der Waals surface area contributed by atoms with Crippen molar-refractivity contribution in [2.24, 2.45) is 0 Å². The number of hydrogen-bond acceptors (Lipinski definition) is 3. The number of hydrogen-bond donors (Lipinski definition) is 1. The van der Waals surface area contributed by atoms with Crippen molar-refractivity contribution >= 4 is 15.4 Å². The molecule has 40 valence electrons. The fourth-order valence-corrected chi connectivity index (χ4v) is 0.179. The summed E-state index contributed by atoms with van der Waals surface area (Å²) in [4.78, 5) is 9.92. The predicted octanol–water partition coefficient (Wildman–Crippen LogP) is 0.391. The average molecular weight is 120 g/mol. The molecule has 0 fully saturated rings. The van der Waals surface area contributed by atoms with Gasteiger partial charge in [-0.1, -0.05) is 0 Å². The van der Waals surface area contributed by atoms with Gasteiger partial charge in [0.2, 0.25) is 0 Å². The van der Waals surface area contributed by atoms with E-state index in [1.807, 2.05) is 0 Å². The standard InChI is InChI=1S/C3H5O3P/c4-2-1-3(5)6-7/h1-2,4H,7H2. The molecular formula is C3H5O3P. The van der Waals surface area contributed by atoms with Crippen molar-refractivity contribution in [2.75, 3.05) is 0 Å². The number of carbonyl (C=O) groups is 1. The molecule has 0 amide bonds. The van der Waals surface area contributed by atoms with Crippen molar-refractivity contribution in [3.05, 3.63) is 12.3 Å². The number of aliphatic hydroxyl groups excluding tert-OH is 1. The first-order chi connectivity index (χ1) is 3.31. The summed E-state index contributed by atoms with van der Waals surface area (Å²) in [7, 11) is 1.76. The fraction of sp³-hybridized carbons (Fsp3) is 0. The molecule has 4 heteroatoms. The van der Waals surface area contributed by atoms with Crippen LogP contribution in [0.1, 0.15) is 0 Å². The Balaban J connectivity index is 3.37. The lowest BCUT2D eigenvalue weighted by atomic mass is 10.7. The molecule has 0 aromatic rings. The first-order valence-electron chi connectivity index (χ1n) is 1.52. The van der Waals surface area contributed by atoms with E-state index < -0.39 is 5.97 Å². The van der Waals surface area contributed by atoms with Crippen LogP contribution in [0.5, 0.6) is 0 Å². The Kier molecular flexibility index (Phi) is 3.33. The van der Waals surface area contributed by atoms with Crippen LogP contribution < -0.4 is 0 Å². The molecule has 0 heterocycles.